The van der Waals surface area contributed by atoms with Crippen LogP contribution in [0, 0.1) is 0 Å². The van der Waals surface area contributed by atoms with E-state index in [2.05, 4.69) is 9.88 Å². The van der Waals surface area contributed by atoms with Crippen molar-refractivity contribution >= 4 is 0 Å². The zero-order valence-electron chi connectivity index (χ0n) is 13.1. The molecule has 1 atom stereocenters. The quantitative estimate of drug-likeness (QED) is 0.783. The minimum absolute atomic E-state index is 0.0563. The Balaban J connectivity index is 1.98. The minimum atomic E-state index is -0.0563. The van der Waals surface area contributed by atoms with Gasteiger partial charge in [-0.2, -0.15) is 0 Å². The largest absolute Gasteiger partial charge is 0.491 e. The van der Waals surface area contributed by atoms with Gasteiger partial charge in [0, 0.05) is 44.3 Å². The van der Waals surface area contributed by atoms with Gasteiger partial charge in [0.2, 0.25) is 5.43 Å². The highest BCUT2D eigenvalue weighted by molar-refractivity contribution is 5.20. The van der Waals surface area contributed by atoms with E-state index in [1.807, 2.05) is 0 Å². The summed E-state index contributed by atoms with van der Waals surface area (Å²) in [7, 11) is 3.27. The number of piperidine rings is 1. The van der Waals surface area contributed by atoms with E-state index in [0.29, 0.717) is 11.8 Å². The van der Waals surface area contributed by atoms with E-state index in [4.69, 9.17) is 9.47 Å². The van der Waals surface area contributed by atoms with Gasteiger partial charge < -0.3 is 14.5 Å². The molecule has 1 fully saturated rings. The average Bonchev–Trinajstić information content (AvgIpc) is 2.49. The van der Waals surface area contributed by atoms with E-state index < -0.39 is 0 Å². The van der Waals surface area contributed by atoms with Gasteiger partial charge in [-0.25, -0.2) is 0 Å². The normalized spacial score (nSPS) is 19.6. The summed E-state index contributed by atoms with van der Waals surface area (Å²) in [5, 5.41) is 0. The lowest BCUT2D eigenvalue weighted by atomic mass is 9.98. The summed E-state index contributed by atoms with van der Waals surface area (Å²) in [5.74, 6) is 0.369. The van der Waals surface area contributed by atoms with Gasteiger partial charge in [-0.05, 0) is 32.2 Å². The summed E-state index contributed by atoms with van der Waals surface area (Å²) in [6.45, 7) is 2.73. The Morgan fingerprint density at radius 1 is 1.38 bits per heavy atom. The molecule has 0 saturated carbocycles. The second-order valence-electron chi connectivity index (χ2n) is 5.65. The molecule has 1 aromatic heterocycles. The van der Waals surface area contributed by atoms with E-state index in [9.17, 15) is 4.79 Å². The molecule has 5 nitrogen and oxygen atoms in total. The average molecular weight is 294 g/mol. The van der Waals surface area contributed by atoms with Gasteiger partial charge in [0.1, 0.15) is 0 Å². The second-order valence-corrected chi connectivity index (χ2v) is 5.65. The van der Waals surface area contributed by atoms with Crippen LogP contribution in [0.3, 0.4) is 0 Å². The van der Waals surface area contributed by atoms with Crippen LogP contribution in [-0.4, -0.2) is 43.3 Å². The smallest absolute Gasteiger partial charge is 0.223 e. The number of hydrogen-bond donors (Lipinski definition) is 1. The number of hydrogen-bond acceptors (Lipinski definition) is 4. The van der Waals surface area contributed by atoms with Crippen molar-refractivity contribution in [2.75, 3.05) is 27.4 Å². The number of aromatic nitrogens is 1. The van der Waals surface area contributed by atoms with Crippen molar-refractivity contribution in [1.29, 1.82) is 0 Å². The van der Waals surface area contributed by atoms with E-state index >= 15 is 0 Å². The van der Waals surface area contributed by atoms with Crippen molar-refractivity contribution < 1.29 is 9.47 Å². The van der Waals surface area contributed by atoms with Gasteiger partial charge in [-0.3, -0.25) is 9.69 Å². The molecular formula is C16H26N2O3. The molecule has 1 N–H and O–H groups in total. The molecule has 2 rings (SSSR count). The molecular weight excluding hydrogens is 268 g/mol. The molecule has 0 aliphatic carbocycles. The minimum Gasteiger partial charge on any atom is -0.491 e. The van der Waals surface area contributed by atoms with Gasteiger partial charge in [-0.15, -0.1) is 0 Å². The highest BCUT2D eigenvalue weighted by atomic mass is 16.5. The van der Waals surface area contributed by atoms with Crippen molar-refractivity contribution in [2.45, 2.75) is 44.7 Å². The second kappa shape index (κ2) is 8.20. The molecule has 21 heavy (non-hydrogen) atoms. The third kappa shape index (κ3) is 4.58. The third-order valence-corrected chi connectivity index (χ3v) is 4.17. The third-order valence-electron chi connectivity index (χ3n) is 4.17. The molecule has 0 bridgehead atoms. The SMILES string of the molecule is COCCC[C@@H]1CCCCN1Cc1cc(=O)c(OC)c[nH]1. The van der Waals surface area contributed by atoms with E-state index in [1.165, 1.54) is 26.4 Å². The zero-order valence-corrected chi connectivity index (χ0v) is 13.1. The molecule has 118 valence electrons. The molecule has 0 amide bonds. The number of nitrogens with zero attached hydrogens (tertiary/aromatic N) is 1. The van der Waals surface area contributed by atoms with Crippen LogP contribution in [-0.2, 0) is 11.3 Å². The molecule has 1 aromatic rings. The molecule has 1 aliphatic rings. The summed E-state index contributed by atoms with van der Waals surface area (Å²) in [5.41, 5.74) is 0.902. The van der Waals surface area contributed by atoms with Gasteiger partial charge in [0.25, 0.3) is 0 Å². The number of pyridine rings is 1. The standard InChI is InChI=1S/C16H26N2O3/c1-20-9-5-7-14-6-3-4-8-18(14)12-13-10-15(19)16(21-2)11-17-13/h10-11,14H,3-9,12H2,1-2H3,(H,17,19)/t14-/m0/s1. The number of nitrogens with one attached hydrogen (secondary N) is 1. The molecule has 0 unspecified atom stereocenters. The van der Waals surface area contributed by atoms with Gasteiger partial charge in [-0.1, -0.05) is 6.42 Å². The lowest BCUT2D eigenvalue weighted by molar-refractivity contribution is 0.115. The summed E-state index contributed by atoms with van der Waals surface area (Å²) >= 11 is 0. The van der Waals surface area contributed by atoms with E-state index in [-0.39, 0.29) is 5.43 Å². The lowest BCUT2D eigenvalue weighted by Crippen LogP contribution is -2.39. The maximum absolute atomic E-state index is 11.8. The first-order valence-corrected chi connectivity index (χ1v) is 7.73. The lowest BCUT2D eigenvalue weighted by Gasteiger charge is -2.35. The number of ether oxygens (including phenoxy) is 2. The van der Waals surface area contributed by atoms with Crippen LogP contribution >= 0.6 is 0 Å². The highest BCUT2D eigenvalue weighted by Gasteiger charge is 2.22. The Bertz CT molecular complexity index is 487. The van der Waals surface area contributed by atoms with E-state index in [1.54, 1.807) is 19.4 Å². The predicted molar refractivity (Wildman–Crippen MR) is 82.8 cm³/mol. The monoisotopic (exact) mass is 294 g/mol. The van der Waals surface area contributed by atoms with Crippen LogP contribution in [0.2, 0.25) is 0 Å². The zero-order chi connectivity index (χ0) is 15.1. The Kier molecular flexibility index (Phi) is 6.26. The van der Waals surface area contributed by atoms with Crippen molar-refractivity contribution in [1.82, 2.24) is 9.88 Å². The van der Waals surface area contributed by atoms with Crippen molar-refractivity contribution in [3.8, 4) is 5.75 Å². The fourth-order valence-corrected chi connectivity index (χ4v) is 3.03. The first-order valence-electron chi connectivity index (χ1n) is 7.73. The number of likely N-dealkylation sites (tertiary alicyclic amines) is 1. The topological polar surface area (TPSA) is 54.6 Å². The van der Waals surface area contributed by atoms with Crippen molar-refractivity contribution in [3.63, 3.8) is 0 Å². The molecule has 0 aromatic carbocycles. The number of H-pyrrole nitrogens is 1. The Morgan fingerprint density at radius 2 is 2.24 bits per heavy atom. The Labute approximate surface area is 126 Å². The molecule has 5 heteroatoms. The van der Waals surface area contributed by atoms with Gasteiger partial charge in [0.05, 0.1) is 7.11 Å². The molecule has 0 spiro atoms. The first-order chi connectivity index (χ1) is 10.2. The van der Waals surface area contributed by atoms with Crippen LogP contribution in [0.5, 0.6) is 5.75 Å². The summed E-state index contributed by atoms with van der Waals surface area (Å²) in [6.07, 6.45) is 7.69. The van der Waals surface area contributed by atoms with Crippen LogP contribution in [0.1, 0.15) is 37.8 Å². The Hall–Kier alpha value is -1.33. The Morgan fingerprint density at radius 3 is 2.95 bits per heavy atom. The van der Waals surface area contributed by atoms with Gasteiger partial charge >= 0.3 is 0 Å². The highest BCUT2D eigenvalue weighted by Crippen LogP contribution is 2.22. The van der Waals surface area contributed by atoms with Gasteiger partial charge in [0.15, 0.2) is 5.75 Å². The summed E-state index contributed by atoms with van der Waals surface area (Å²) in [6, 6.07) is 2.25. The van der Waals surface area contributed by atoms with Crippen LogP contribution in [0.4, 0.5) is 0 Å². The maximum atomic E-state index is 11.8. The van der Waals surface area contributed by atoms with Crippen molar-refractivity contribution in [2.24, 2.45) is 0 Å². The molecule has 1 aliphatic heterocycles. The fourth-order valence-electron chi connectivity index (χ4n) is 3.03. The molecule has 0 radical (unpaired) electrons. The molecule has 1 saturated heterocycles. The predicted octanol–water partition coefficient (Wildman–Crippen LogP) is 2.16. The van der Waals surface area contributed by atoms with Crippen LogP contribution in [0.25, 0.3) is 0 Å². The first kappa shape index (κ1) is 16.0. The molecule has 2 heterocycles. The number of aromatic amines is 1. The van der Waals surface area contributed by atoms with E-state index in [0.717, 1.165) is 38.2 Å². The summed E-state index contributed by atoms with van der Waals surface area (Å²) in [4.78, 5) is 17.5. The van der Waals surface area contributed by atoms with Crippen LogP contribution < -0.4 is 10.2 Å². The maximum Gasteiger partial charge on any atom is 0.223 e. The fraction of sp³-hybridized carbons (Fsp3) is 0.688. The van der Waals surface area contributed by atoms with Crippen molar-refractivity contribution in [3.05, 3.63) is 28.2 Å². The number of methoxy groups -OCH3 is 2. The number of rotatable bonds is 7. The van der Waals surface area contributed by atoms with Crippen LogP contribution in [0.15, 0.2) is 17.1 Å². The summed E-state index contributed by atoms with van der Waals surface area (Å²) < 4.78 is 10.2.